The fraction of sp³-hybridized carbons (Fsp3) is 0.325. The van der Waals surface area contributed by atoms with Crippen LogP contribution in [0.1, 0.15) is 62.3 Å². The van der Waals surface area contributed by atoms with Crippen LogP contribution in [0.4, 0.5) is 4.79 Å². The van der Waals surface area contributed by atoms with Gasteiger partial charge in [-0.2, -0.15) is 0 Å². The number of alkyl carbamates (subject to hydrolysis) is 1. The van der Waals surface area contributed by atoms with Crippen molar-refractivity contribution in [2.75, 3.05) is 0 Å². The number of carboxylic acid groups (broad SMARTS) is 1. The lowest BCUT2D eigenvalue weighted by Gasteiger charge is -2.23. The van der Waals surface area contributed by atoms with Crippen LogP contribution in [-0.4, -0.2) is 40.8 Å². The van der Waals surface area contributed by atoms with Crippen molar-refractivity contribution in [1.29, 1.82) is 0 Å². The van der Waals surface area contributed by atoms with Gasteiger partial charge in [0, 0.05) is 21.6 Å². The number of nitrogens with one attached hydrogen (secondary N) is 1. The van der Waals surface area contributed by atoms with Crippen LogP contribution in [0.3, 0.4) is 0 Å². The smallest absolute Gasteiger partial charge is 0.407 e. The van der Waals surface area contributed by atoms with Crippen molar-refractivity contribution in [3.05, 3.63) is 123 Å². The van der Waals surface area contributed by atoms with Crippen LogP contribution in [0, 0.1) is 0 Å². The fourth-order valence-corrected chi connectivity index (χ4v) is 6.09. The van der Waals surface area contributed by atoms with Crippen LogP contribution >= 0.6 is 39.9 Å². The second kappa shape index (κ2) is 19.6. The van der Waals surface area contributed by atoms with E-state index in [1.807, 2.05) is 72.8 Å². The average Bonchev–Trinajstić information content (AvgIpc) is 3.49. The van der Waals surface area contributed by atoms with Crippen molar-refractivity contribution in [1.82, 2.24) is 5.32 Å². The number of amides is 1. The molecule has 0 saturated heterocycles. The second-order valence-electron chi connectivity index (χ2n) is 13.4. The van der Waals surface area contributed by atoms with E-state index in [1.165, 1.54) is 17.5 Å². The number of fused-ring (bicyclic) bond motifs is 1. The SMILES string of the molecule is CC(C)(C)OC(=O)N[C@@H](CC(=O)O)Cc1ccc(Br)cc1.Cl.N[C@@H](CC(=O)Oc1ccc2c(c1)CCC2)Cc1ccc(-c2cccc(Cl)c2)cc1. The molecule has 4 aromatic rings. The molecule has 0 saturated carbocycles. The Morgan fingerprint density at radius 1 is 0.863 bits per heavy atom. The van der Waals surface area contributed by atoms with Crippen LogP contribution in [0.5, 0.6) is 5.75 Å². The van der Waals surface area contributed by atoms with Gasteiger partial charge in [0.25, 0.3) is 0 Å². The maximum absolute atomic E-state index is 12.3. The quantitative estimate of drug-likeness (QED) is 0.102. The highest BCUT2D eigenvalue weighted by atomic mass is 79.9. The molecule has 0 unspecified atom stereocenters. The van der Waals surface area contributed by atoms with E-state index in [-0.39, 0.29) is 37.3 Å². The Labute approximate surface area is 319 Å². The van der Waals surface area contributed by atoms with E-state index >= 15 is 0 Å². The summed E-state index contributed by atoms with van der Waals surface area (Å²) in [6.45, 7) is 5.27. The van der Waals surface area contributed by atoms with Gasteiger partial charge >= 0.3 is 18.0 Å². The summed E-state index contributed by atoms with van der Waals surface area (Å²) in [6, 6.07) is 28.6. The lowest BCUT2D eigenvalue weighted by atomic mass is 10.00. The van der Waals surface area contributed by atoms with Crippen LogP contribution in [0.25, 0.3) is 11.1 Å². The third-order valence-electron chi connectivity index (χ3n) is 7.88. The summed E-state index contributed by atoms with van der Waals surface area (Å²) in [7, 11) is 0. The number of hydrogen-bond donors (Lipinski definition) is 3. The molecular formula is C40H45BrCl2N2O6. The molecule has 4 aromatic carbocycles. The van der Waals surface area contributed by atoms with Gasteiger partial charge < -0.3 is 25.6 Å². The normalized spacial score (nSPS) is 13.0. The van der Waals surface area contributed by atoms with Gasteiger partial charge in [-0.05, 0) is 123 Å². The van der Waals surface area contributed by atoms with Crippen LogP contribution in [0.15, 0.2) is 95.5 Å². The van der Waals surface area contributed by atoms with E-state index in [0.717, 1.165) is 44.6 Å². The molecule has 8 nitrogen and oxygen atoms in total. The molecule has 0 heterocycles. The Bertz CT molecular complexity index is 1760. The summed E-state index contributed by atoms with van der Waals surface area (Å²) in [6.07, 6.45) is 3.82. The van der Waals surface area contributed by atoms with Gasteiger partial charge in [-0.25, -0.2) is 4.79 Å². The molecule has 272 valence electrons. The minimum absolute atomic E-state index is 0. The fourth-order valence-electron chi connectivity index (χ4n) is 5.64. The molecule has 11 heteroatoms. The first-order valence-electron chi connectivity index (χ1n) is 16.6. The lowest BCUT2D eigenvalue weighted by molar-refractivity contribution is -0.137. The van der Waals surface area contributed by atoms with Gasteiger partial charge in [-0.1, -0.05) is 82.1 Å². The summed E-state index contributed by atoms with van der Waals surface area (Å²) >= 11 is 9.41. The number of halogens is 3. The zero-order valence-corrected chi connectivity index (χ0v) is 32.2. The second-order valence-corrected chi connectivity index (χ2v) is 14.8. The highest BCUT2D eigenvalue weighted by Crippen LogP contribution is 2.27. The van der Waals surface area contributed by atoms with E-state index in [4.69, 9.17) is 31.9 Å². The molecule has 5 rings (SSSR count). The maximum Gasteiger partial charge on any atom is 0.407 e. The molecule has 2 atom stereocenters. The number of hydrogen-bond acceptors (Lipinski definition) is 6. The van der Waals surface area contributed by atoms with Gasteiger partial charge in [-0.3, -0.25) is 9.59 Å². The molecule has 0 spiro atoms. The minimum atomic E-state index is -0.965. The first kappa shape index (κ1) is 41.5. The number of nitrogens with two attached hydrogens (primary N) is 1. The van der Waals surface area contributed by atoms with Gasteiger partial charge in [0.05, 0.1) is 12.8 Å². The molecule has 0 radical (unpaired) electrons. The maximum atomic E-state index is 12.3. The van der Waals surface area contributed by atoms with E-state index in [0.29, 0.717) is 18.6 Å². The van der Waals surface area contributed by atoms with Crippen molar-refractivity contribution in [3.8, 4) is 16.9 Å². The summed E-state index contributed by atoms with van der Waals surface area (Å²) < 4.78 is 11.6. The average molecular weight is 801 g/mol. The minimum Gasteiger partial charge on any atom is -0.481 e. The first-order valence-corrected chi connectivity index (χ1v) is 17.8. The van der Waals surface area contributed by atoms with E-state index < -0.39 is 23.7 Å². The number of benzene rings is 4. The highest BCUT2D eigenvalue weighted by Gasteiger charge is 2.22. The Morgan fingerprint density at radius 2 is 1.51 bits per heavy atom. The molecule has 0 aromatic heterocycles. The number of carboxylic acids is 1. The Morgan fingerprint density at radius 3 is 2.16 bits per heavy atom. The van der Waals surface area contributed by atoms with Crippen molar-refractivity contribution in [2.45, 2.75) is 83.4 Å². The number of ether oxygens (including phenoxy) is 2. The molecule has 4 N–H and O–H groups in total. The van der Waals surface area contributed by atoms with Crippen molar-refractivity contribution in [2.24, 2.45) is 5.73 Å². The van der Waals surface area contributed by atoms with Crippen LogP contribution in [-0.2, 0) is 40.0 Å². The molecule has 1 aliphatic rings. The Hall–Kier alpha value is -3.89. The number of aryl methyl sites for hydroxylation is 2. The summed E-state index contributed by atoms with van der Waals surface area (Å²) in [5, 5.41) is 12.3. The predicted molar refractivity (Wildman–Crippen MR) is 208 cm³/mol. The van der Waals surface area contributed by atoms with Crippen molar-refractivity contribution < 1.29 is 29.0 Å². The topological polar surface area (TPSA) is 128 Å². The third kappa shape index (κ3) is 14.7. The van der Waals surface area contributed by atoms with Crippen LogP contribution < -0.4 is 15.8 Å². The lowest BCUT2D eigenvalue weighted by Crippen LogP contribution is -2.41. The summed E-state index contributed by atoms with van der Waals surface area (Å²) in [5.74, 6) is -0.632. The molecule has 0 bridgehead atoms. The van der Waals surface area contributed by atoms with E-state index in [1.54, 1.807) is 20.8 Å². The number of carbonyl (C=O) groups excluding carboxylic acids is 2. The highest BCUT2D eigenvalue weighted by molar-refractivity contribution is 9.10. The third-order valence-corrected chi connectivity index (χ3v) is 8.64. The number of carbonyl (C=O) groups is 3. The van der Waals surface area contributed by atoms with Gasteiger partial charge in [-0.15, -0.1) is 12.4 Å². The van der Waals surface area contributed by atoms with Crippen molar-refractivity contribution >= 4 is 58.0 Å². The largest absolute Gasteiger partial charge is 0.481 e. The first-order chi connectivity index (χ1) is 23.7. The molecule has 0 fully saturated rings. The van der Waals surface area contributed by atoms with Crippen LogP contribution in [0.2, 0.25) is 5.02 Å². The molecule has 1 amide bonds. The zero-order valence-electron chi connectivity index (χ0n) is 29.0. The number of esters is 1. The summed E-state index contributed by atoms with van der Waals surface area (Å²) in [4.78, 5) is 35.0. The van der Waals surface area contributed by atoms with Gasteiger partial charge in [0.1, 0.15) is 11.4 Å². The Balaban J connectivity index is 0.000000285. The predicted octanol–water partition coefficient (Wildman–Crippen LogP) is 9.14. The molecule has 51 heavy (non-hydrogen) atoms. The van der Waals surface area contributed by atoms with E-state index in [9.17, 15) is 14.4 Å². The van der Waals surface area contributed by atoms with E-state index in [2.05, 4.69) is 39.4 Å². The zero-order chi connectivity index (χ0) is 36.3. The monoisotopic (exact) mass is 798 g/mol. The standard InChI is InChI=1S/C25H24ClNO2.C15H20BrNO4.ClH/c26-22-6-2-5-20(14-22)19-9-7-17(8-10-19)13-23(27)16-25(28)29-24-12-11-18-3-1-4-21(18)15-24;1-15(2,3)21-14(20)17-12(9-13(18)19)8-10-4-6-11(16)7-5-10;/h2,5-12,14-15,23H,1,3-4,13,16,27H2;4-7,12H,8-9H2,1-3H3,(H,17,20)(H,18,19);1H/t23-;12-;/m11./s1. The van der Waals surface area contributed by atoms with Crippen molar-refractivity contribution in [3.63, 3.8) is 0 Å². The number of aliphatic carboxylic acids is 1. The number of rotatable bonds is 11. The Kier molecular flexibility index (Phi) is 16.0. The molecular weight excluding hydrogens is 755 g/mol. The summed E-state index contributed by atoms with van der Waals surface area (Å²) in [5.41, 5.74) is 12.4. The molecule has 1 aliphatic carbocycles. The van der Waals surface area contributed by atoms with Gasteiger partial charge in [0.15, 0.2) is 0 Å². The van der Waals surface area contributed by atoms with Gasteiger partial charge in [0.2, 0.25) is 0 Å². The molecule has 0 aliphatic heterocycles.